The van der Waals surface area contributed by atoms with Crippen molar-refractivity contribution in [3.8, 4) is 11.5 Å². The summed E-state index contributed by atoms with van der Waals surface area (Å²) in [5, 5.41) is 21.3. The minimum absolute atomic E-state index is 0.00148. The van der Waals surface area contributed by atoms with Crippen molar-refractivity contribution in [2.24, 2.45) is 0 Å². The average Bonchev–Trinajstić information content (AvgIpc) is 3.37. The SMILES string of the molecule is COc1c(C)cc(C)cc1/C(O)=C1\C(=O)C(=O)N(Cc2ccco2)C1c1ccc(O)c(Cl)c1. The van der Waals surface area contributed by atoms with Crippen LogP contribution in [0.25, 0.3) is 5.76 Å². The molecule has 1 atom stereocenters. The van der Waals surface area contributed by atoms with E-state index >= 15 is 0 Å². The number of aryl methyl sites for hydroxylation is 2. The average molecular weight is 468 g/mol. The Kier molecular flexibility index (Phi) is 5.91. The van der Waals surface area contributed by atoms with Gasteiger partial charge in [0.25, 0.3) is 11.7 Å². The normalized spacial score (nSPS) is 17.6. The standard InChI is InChI=1S/C25H22ClNO6/c1-13-9-14(2)24(32-3)17(10-13)22(29)20-21(15-6-7-19(28)18(26)11-15)27(25(31)23(20)30)12-16-5-4-8-33-16/h4-11,21,28-29H,12H2,1-3H3/b22-20+. The summed E-state index contributed by atoms with van der Waals surface area (Å²) in [7, 11) is 1.47. The van der Waals surface area contributed by atoms with E-state index in [9.17, 15) is 19.8 Å². The fourth-order valence-corrected chi connectivity index (χ4v) is 4.39. The highest BCUT2D eigenvalue weighted by molar-refractivity contribution is 6.46. The second-order valence-electron chi connectivity index (χ2n) is 7.88. The Labute approximate surface area is 195 Å². The molecule has 170 valence electrons. The van der Waals surface area contributed by atoms with Crippen LogP contribution < -0.4 is 4.74 Å². The first-order valence-corrected chi connectivity index (χ1v) is 10.6. The summed E-state index contributed by atoms with van der Waals surface area (Å²) < 4.78 is 10.9. The zero-order valence-electron chi connectivity index (χ0n) is 18.3. The molecule has 33 heavy (non-hydrogen) atoms. The van der Waals surface area contributed by atoms with Gasteiger partial charge in [0.15, 0.2) is 0 Å². The number of hydrogen-bond acceptors (Lipinski definition) is 6. The second-order valence-corrected chi connectivity index (χ2v) is 8.29. The Morgan fingerprint density at radius 3 is 2.58 bits per heavy atom. The minimum atomic E-state index is -0.960. The fourth-order valence-electron chi connectivity index (χ4n) is 4.20. The fraction of sp³-hybridized carbons (Fsp3) is 0.200. The van der Waals surface area contributed by atoms with Crippen LogP contribution in [-0.4, -0.2) is 33.9 Å². The van der Waals surface area contributed by atoms with Crippen LogP contribution in [0.5, 0.6) is 11.5 Å². The third-order valence-corrected chi connectivity index (χ3v) is 5.91. The number of aliphatic hydroxyl groups excluding tert-OH is 1. The molecule has 0 aliphatic carbocycles. The van der Waals surface area contributed by atoms with Crippen molar-refractivity contribution in [3.63, 3.8) is 0 Å². The minimum Gasteiger partial charge on any atom is -0.507 e. The Bertz CT molecular complexity index is 1280. The summed E-state index contributed by atoms with van der Waals surface area (Å²) >= 11 is 6.13. The Morgan fingerprint density at radius 1 is 1.18 bits per heavy atom. The number of halogens is 1. The van der Waals surface area contributed by atoms with E-state index in [1.165, 1.54) is 30.4 Å². The van der Waals surface area contributed by atoms with Crippen LogP contribution in [0.3, 0.4) is 0 Å². The van der Waals surface area contributed by atoms with Crippen LogP contribution in [0.1, 0.15) is 34.1 Å². The maximum atomic E-state index is 13.2. The van der Waals surface area contributed by atoms with Gasteiger partial charge in [-0.1, -0.05) is 23.7 Å². The first kappa shape index (κ1) is 22.5. The Hall–Kier alpha value is -3.71. The Morgan fingerprint density at radius 2 is 1.94 bits per heavy atom. The number of carbonyl (C=O) groups excluding carboxylic acids is 2. The number of Topliss-reactive ketones (excluding diaryl/α,β-unsaturated/α-hetero) is 1. The molecule has 1 amide bonds. The number of methoxy groups -OCH3 is 1. The maximum absolute atomic E-state index is 13.2. The van der Waals surface area contributed by atoms with Crippen molar-refractivity contribution in [2.75, 3.05) is 7.11 Å². The molecule has 1 aliphatic rings. The van der Waals surface area contributed by atoms with Crippen LogP contribution >= 0.6 is 11.6 Å². The predicted octanol–water partition coefficient (Wildman–Crippen LogP) is 4.89. The van der Waals surface area contributed by atoms with E-state index in [0.29, 0.717) is 22.6 Å². The molecule has 8 heteroatoms. The Balaban J connectivity index is 1.96. The highest BCUT2D eigenvalue weighted by Gasteiger charge is 2.46. The molecule has 0 radical (unpaired) electrons. The number of benzene rings is 2. The number of rotatable bonds is 5. The summed E-state index contributed by atoms with van der Waals surface area (Å²) in [6.07, 6.45) is 1.47. The van der Waals surface area contributed by atoms with E-state index in [0.717, 1.165) is 11.1 Å². The number of phenols is 1. The molecule has 0 saturated carbocycles. The molecule has 2 heterocycles. The highest BCUT2D eigenvalue weighted by Crippen LogP contribution is 2.43. The van der Waals surface area contributed by atoms with Gasteiger partial charge in [0.1, 0.15) is 23.0 Å². The van der Waals surface area contributed by atoms with Gasteiger partial charge in [0, 0.05) is 0 Å². The largest absolute Gasteiger partial charge is 0.507 e. The van der Waals surface area contributed by atoms with Gasteiger partial charge in [0.05, 0.1) is 42.1 Å². The number of aliphatic hydroxyl groups is 1. The van der Waals surface area contributed by atoms with E-state index in [2.05, 4.69) is 0 Å². The van der Waals surface area contributed by atoms with Crippen LogP contribution in [0.4, 0.5) is 0 Å². The van der Waals surface area contributed by atoms with Crippen molar-refractivity contribution in [2.45, 2.75) is 26.4 Å². The molecule has 0 bridgehead atoms. The van der Waals surface area contributed by atoms with Gasteiger partial charge in [-0.05, 0) is 60.9 Å². The first-order valence-electron chi connectivity index (χ1n) is 10.2. The van der Waals surface area contributed by atoms with Crippen LogP contribution in [0.2, 0.25) is 5.02 Å². The molecule has 7 nitrogen and oxygen atoms in total. The number of likely N-dealkylation sites (tertiary alicyclic amines) is 1. The van der Waals surface area contributed by atoms with Crippen molar-refractivity contribution in [3.05, 3.63) is 87.3 Å². The number of aromatic hydroxyl groups is 1. The number of carbonyl (C=O) groups is 2. The third-order valence-electron chi connectivity index (χ3n) is 5.61. The summed E-state index contributed by atoms with van der Waals surface area (Å²) in [6.45, 7) is 3.69. The predicted molar refractivity (Wildman–Crippen MR) is 122 cm³/mol. The molecule has 2 aromatic carbocycles. The molecule has 1 unspecified atom stereocenters. The molecule has 4 rings (SSSR count). The van der Waals surface area contributed by atoms with Crippen molar-refractivity contribution < 1.29 is 29.0 Å². The zero-order valence-corrected chi connectivity index (χ0v) is 19.0. The third kappa shape index (κ3) is 3.96. The lowest BCUT2D eigenvalue weighted by molar-refractivity contribution is -0.140. The lowest BCUT2D eigenvalue weighted by atomic mass is 9.93. The smallest absolute Gasteiger partial charge is 0.296 e. The van der Waals surface area contributed by atoms with Crippen molar-refractivity contribution in [1.29, 1.82) is 0 Å². The molecule has 2 N–H and O–H groups in total. The monoisotopic (exact) mass is 467 g/mol. The molecule has 1 saturated heterocycles. The number of amides is 1. The van der Waals surface area contributed by atoms with Crippen molar-refractivity contribution in [1.82, 2.24) is 4.90 Å². The number of hydrogen-bond donors (Lipinski definition) is 2. The van der Waals surface area contributed by atoms with Gasteiger partial charge in [-0.15, -0.1) is 0 Å². The number of phenolic OH excluding ortho intramolecular Hbond substituents is 1. The zero-order chi connectivity index (χ0) is 23.9. The first-order chi connectivity index (χ1) is 15.7. The molecule has 3 aromatic rings. The van der Waals surface area contributed by atoms with E-state index in [4.69, 9.17) is 20.8 Å². The topological polar surface area (TPSA) is 100 Å². The molecule has 1 fully saturated rings. The summed E-state index contributed by atoms with van der Waals surface area (Å²) in [5.74, 6) is -1.25. The van der Waals surface area contributed by atoms with Gasteiger partial charge < -0.3 is 24.3 Å². The summed E-state index contributed by atoms with van der Waals surface area (Å²) in [5.41, 5.74) is 2.28. The van der Waals surface area contributed by atoms with Gasteiger partial charge in [-0.3, -0.25) is 9.59 Å². The number of nitrogens with zero attached hydrogens (tertiary/aromatic N) is 1. The summed E-state index contributed by atoms with van der Waals surface area (Å²) in [6, 6.07) is 10.4. The maximum Gasteiger partial charge on any atom is 0.296 e. The van der Waals surface area contributed by atoms with E-state index in [-0.39, 0.29) is 28.6 Å². The molecular weight excluding hydrogens is 446 g/mol. The lowest BCUT2D eigenvalue weighted by Crippen LogP contribution is -2.29. The van der Waals surface area contributed by atoms with Gasteiger partial charge in [0.2, 0.25) is 0 Å². The van der Waals surface area contributed by atoms with Crippen LogP contribution in [0.15, 0.2) is 58.7 Å². The summed E-state index contributed by atoms with van der Waals surface area (Å²) in [4.78, 5) is 27.6. The van der Waals surface area contributed by atoms with Crippen molar-refractivity contribution >= 4 is 29.1 Å². The van der Waals surface area contributed by atoms with E-state index < -0.39 is 17.7 Å². The lowest BCUT2D eigenvalue weighted by Gasteiger charge is -2.25. The molecule has 1 aromatic heterocycles. The number of ketones is 1. The quantitative estimate of drug-likeness (QED) is 0.315. The number of ether oxygens (including phenoxy) is 1. The van der Waals surface area contributed by atoms with Crippen LogP contribution in [0, 0.1) is 13.8 Å². The molecular formula is C25H22ClNO6. The van der Waals surface area contributed by atoms with E-state index in [1.807, 2.05) is 19.9 Å². The molecule has 0 spiro atoms. The van der Waals surface area contributed by atoms with Gasteiger partial charge >= 0.3 is 0 Å². The molecule has 1 aliphatic heterocycles. The van der Waals surface area contributed by atoms with E-state index in [1.54, 1.807) is 24.3 Å². The second kappa shape index (κ2) is 8.67. The highest BCUT2D eigenvalue weighted by atomic mass is 35.5. The van der Waals surface area contributed by atoms with Gasteiger partial charge in [-0.2, -0.15) is 0 Å². The van der Waals surface area contributed by atoms with Gasteiger partial charge in [-0.25, -0.2) is 0 Å². The number of furan rings is 1. The van der Waals surface area contributed by atoms with Crippen LogP contribution in [-0.2, 0) is 16.1 Å².